The summed E-state index contributed by atoms with van der Waals surface area (Å²) in [5, 5.41) is 3.28. The van der Waals surface area contributed by atoms with E-state index < -0.39 is 0 Å². The molecule has 3 aromatic carbocycles. The summed E-state index contributed by atoms with van der Waals surface area (Å²) in [6, 6.07) is 17.6. The summed E-state index contributed by atoms with van der Waals surface area (Å²) in [6.45, 7) is 0. The molecule has 0 unspecified atom stereocenters. The van der Waals surface area contributed by atoms with Crippen LogP contribution in [0.1, 0.15) is 0 Å². The normalized spacial score (nSPS) is 10.8. The van der Waals surface area contributed by atoms with Gasteiger partial charge in [-0.15, -0.1) is 0 Å². The van der Waals surface area contributed by atoms with Gasteiger partial charge in [-0.05, 0) is 34.7 Å². The van der Waals surface area contributed by atoms with Gasteiger partial charge in [0.1, 0.15) is 0 Å². The molecule has 19 heavy (non-hydrogen) atoms. The molecule has 0 radical (unpaired) electrons. The topological polar surface area (TPSA) is 26.0 Å². The first-order valence-corrected chi connectivity index (χ1v) is 6.65. The number of benzene rings is 3. The zero-order valence-electron chi connectivity index (χ0n) is 10.0. The van der Waals surface area contributed by atoms with Crippen LogP contribution in [0, 0.1) is 0 Å². The predicted molar refractivity (Wildman–Crippen MR) is 83.8 cm³/mol. The Labute approximate surface area is 121 Å². The van der Waals surface area contributed by atoms with Crippen LogP contribution in [-0.2, 0) is 0 Å². The molecule has 0 aliphatic carbocycles. The predicted octanol–water partition coefficient (Wildman–Crippen LogP) is 5.40. The molecule has 0 saturated heterocycles. The van der Waals surface area contributed by atoms with Gasteiger partial charge in [0, 0.05) is 11.1 Å². The molecule has 2 N–H and O–H groups in total. The molecule has 0 bridgehead atoms. The lowest BCUT2D eigenvalue weighted by Gasteiger charge is -2.10. The fourth-order valence-electron chi connectivity index (χ4n) is 2.24. The van der Waals surface area contributed by atoms with Gasteiger partial charge in [-0.3, -0.25) is 0 Å². The molecular formula is C16H11Cl2N. The van der Waals surface area contributed by atoms with Gasteiger partial charge in [-0.25, -0.2) is 0 Å². The molecule has 0 amide bonds. The van der Waals surface area contributed by atoms with Gasteiger partial charge in [0.2, 0.25) is 0 Å². The molecule has 0 aliphatic rings. The summed E-state index contributed by atoms with van der Waals surface area (Å²) in [6.07, 6.45) is 0. The highest BCUT2D eigenvalue weighted by molar-refractivity contribution is 6.42. The quantitative estimate of drug-likeness (QED) is 0.596. The minimum Gasteiger partial charge on any atom is -0.398 e. The summed E-state index contributed by atoms with van der Waals surface area (Å²) in [5.74, 6) is 0. The maximum Gasteiger partial charge on any atom is 0.0598 e. The fraction of sp³-hybridized carbons (Fsp3) is 0. The Balaban J connectivity index is 2.31. The Hall–Kier alpha value is -1.70. The van der Waals surface area contributed by atoms with Gasteiger partial charge in [-0.2, -0.15) is 0 Å². The molecule has 0 atom stereocenters. The van der Waals surface area contributed by atoms with E-state index >= 15 is 0 Å². The van der Waals surface area contributed by atoms with E-state index in [0.29, 0.717) is 10.0 Å². The summed E-state index contributed by atoms with van der Waals surface area (Å²) < 4.78 is 0. The Kier molecular flexibility index (Phi) is 3.09. The number of halogens is 2. The maximum atomic E-state index is 6.09. The average molecular weight is 288 g/mol. The number of rotatable bonds is 1. The first-order valence-electron chi connectivity index (χ1n) is 5.89. The first-order chi connectivity index (χ1) is 9.16. The first kappa shape index (κ1) is 12.3. The summed E-state index contributed by atoms with van der Waals surface area (Å²) in [4.78, 5) is 0. The van der Waals surface area contributed by atoms with Crippen LogP contribution in [0.2, 0.25) is 10.0 Å². The highest BCUT2D eigenvalue weighted by atomic mass is 35.5. The van der Waals surface area contributed by atoms with Crippen molar-refractivity contribution in [3.8, 4) is 11.1 Å². The van der Waals surface area contributed by atoms with Crippen molar-refractivity contribution in [1.29, 1.82) is 0 Å². The van der Waals surface area contributed by atoms with Crippen molar-refractivity contribution in [2.45, 2.75) is 0 Å². The molecule has 0 aromatic heterocycles. The maximum absolute atomic E-state index is 6.09. The summed E-state index contributed by atoms with van der Waals surface area (Å²) in [7, 11) is 0. The van der Waals surface area contributed by atoms with E-state index in [1.807, 2.05) is 48.5 Å². The van der Waals surface area contributed by atoms with Crippen LogP contribution in [0.4, 0.5) is 5.69 Å². The third-order valence-electron chi connectivity index (χ3n) is 3.19. The van der Waals surface area contributed by atoms with Gasteiger partial charge in [0.05, 0.1) is 10.0 Å². The zero-order chi connectivity index (χ0) is 13.4. The van der Waals surface area contributed by atoms with E-state index in [2.05, 4.69) is 6.07 Å². The molecule has 3 aromatic rings. The summed E-state index contributed by atoms with van der Waals surface area (Å²) in [5.41, 5.74) is 8.92. The van der Waals surface area contributed by atoms with Gasteiger partial charge in [-0.1, -0.05) is 59.6 Å². The third kappa shape index (κ3) is 2.16. The van der Waals surface area contributed by atoms with Crippen molar-refractivity contribution >= 4 is 39.7 Å². The molecule has 0 saturated carbocycles. The minimum atomic E-state index is 0.556. The van der Waals surface area contributed by atoms with Crippen LogP contribution >= 0.6 is 23.2 Å². The van der Waals surface area contributed by atoms with Crippen molar-refractivity contribution in [3.63, 3.8) is 0 Å². The van der Waals surface area contributed by atoms with E-state index in [1.165, 1.54) is 0 Å². The Morgan fingerprint density at radius 2 is 1.47 bits per heavy atom. The molecule has 0 spiro atoms. The second-order valence-electron chi connectivity index (χ2n) is 4.38. The van der Waals surface area contributed by atoms with E-state index in [-0.39, 0.29) is 0 Å². The van der Waals surface area contributed by atoms with Gasteiger partial charge < -0.3 is 5.73 Å². The minimum absolute atomic E-state index is 0.556. The average Bonchev–Trinajstić information content (AvgIpc) is 2.43. The molecule has 0 heterocycles. The van der Waals surface area contributed by atoms with Crippen molar-refractivity contribution in [1.82, 2.24) is 0 Å². The second kappa shape index (κ2) is 4.76. The smallest absolute Gasteiger partial charge is 0.0598 e. The molecule has 3 rings (SSSR count). The third-order valence-corrected chi connectivity index (χ3v) is 3.93. The van der Waals surface area contributed by atoms with Gasteiger partial charge >= 0.3 is 0 Å². The summed E-state index contributed by atoms with van der Waals surface area (Å²) >= 11 is 12.0. The lowest BCUT2D eigenvalue weighted by atomic mass is 9.97. The van der Waals surface area contributed by atoms with Crippen LogP contribution in [0.25, 0.3) is 21.9 Å². The fourth-order valence-corrected chi connectivity index (χ4v) is 2.54. The Morgan fingerprint density at radius 1 is 0.737 bits per heavy atom. The van der Waals surface area contributed by atoms with E-state index in [9.17, 15) is 0 Å². The van der Waals surface area contributed by atoms with Crippen molar-refractivity contribution in [2.24, 2.45) is 0 Å². The number of nitrogen functional groups attached to an aromatic ring is 1. The van der Waals surface area contributed by atoms with E-state index in [1.54, 1.807) is 0 Å². The lowest BCUT2D eigenvalue weighted by Crippen LogP contribution is -1.89. The molecule has 3 heteroatoms. The zero-order valence-corrected chi connectivity index (χ0v) is 11.5. The van der Waals surface area contributed by atoms with Crippen LogP contribution in [0.5, 0.6) is 0 Å². The number of anilines is 1. The molecule has 0 fully saturated rings. The number of hydrogen-bond acceptors (Lipinski definition) is 1. The monoisotopic (exact) mass is 287 g/mol. The lowest BCUT2D eigenvalue weighted by molar-refractivity contribution is 1.64. The van der Waals surface area contributed by atoms with Crippen LogP contribution in [0.3, 0.4) is 0 Å². The number of nitrogens with two attached hydrogens (primary N) is 1. The SMILES string of the molecule is Nc1ccc(-c2ccc(Cl)c(Cl)c2)c2ccccc12. The highest BCUT2D eigenvalue weighted by Crippen LogP contribution is 2.34. The van der Waals surface area contributed by atoms with Crippen molar-refractivity contribution in [3.05, 3.63) is 64.6 Å². The van der Waals surface area contributed by atoms with Crippen LogP contribution in [-0.4, -0.2) is 0 Å². The Bertz CT molecular complexity index is 766. The van der Waals surface area contributed by atoms with Crippen molar-refractivity contribution < 1.29 is 0 Å². The van der Waals surface area contributed by atoms with Gasteiger partial charge in [0.25, 0.3) is 0 Å². The molecule has 94 valence electrons. The van der Waals surface area contributed by atoms with Crippen LogP contribution < -0.4 is 5.73 Å². The molecule has 1 nitrogen and oxygen atoms in total. The molecular weight excluding hydrogens is 277 g/mol. The molecule has 0 aliphatic heterocycles. The van der Waals surface area contributed by atoms with Crippen molar-refractivity contribution in [2.75, 3.05) is 5.73 Å². The second-order valence-corrected chi connectivity index (χ2v) is 5.19. The highest BCUT2D eigenvalue weighted by Gasteiger charge is 2.07. The van der Waals surface area contributed by atoms with Crippen LogP contribution in [0.15, 0.2) is 54.6 Å². The van der Waals surface area contributed by atoms with E-state index in [0.717, 1.165) is 27.6 Å². The largest absolute Gasteiger partial charge is 0.398 e. The number of hydrogen-bond donors (Lipinski definition) is 1. The number of fused-ring (bicyclic) bond motifs is 1. The standard InChI is InChI=1S/C16H11Cl2N/c17-14-7-5-10(9-15(14)18)11-6-8-16(19)13-4-2-1-3-12(11)13/h1-9H,19H2. The van der Waals surface area contributed by atoms with Gasteiger partial charge in [0.15, 0.2) is 0 Å². The van der Waals surface area contributed by atoms with E-state index in [4.69, 9.17) is 28.9 Å². The Morgan fingerprint density at radius 3 is 2.21 bits per heavy atom.